The van der Waals surface area contributed by atoms with E-state index in [0.29, 0.717) is 31.9 Å². The van der Waals surface area contributed by atoms with Crippen molar-refractivity contribution < 1.29 is 19.4 Å². The number of allylic oxidation sites excluding steroid dienone is 1. The number of nitrogens with zero attached hydrogens (tertiary/aromatic N) is 6. The lowest BCUT2D eigenvalue weighted by atomic mass is 9.45. The van der Waals surface area contributed by atoms with Gasteiger partial charge in [-0.2, -0.15) is 5.10 Å². The maximum Gasteiger partial charge on any atom is 0.225 e. The average Bonchev–Trinajstić information content (AvgIpc) is 3.58. The van der Waals surface area contributed by atoms with E-state index in [-0.39, 0.29) is 41.3 Å². The summed E-state index contributed by atoms with van der Waals surface area (Å²) in [6.45, 7) is 7.48. The molecule has 1 saturated heterocycles. The molecule has 0 spiro atoms. The number of halogens is 1. The van der Waals surface area contributed by atoms with Crippen LogP contribution in [0.1, 0.15) is 57.2 Å². The molecule has 9 nitrogen and oxygen atoms in total. The van der Waals surface area contributed by atoms with Gasteiger partial charge in [0.2, 0.25) is 5.95 Å². The highest BCUT2D eigenvalue weighted by Gasteiger charge is 2.68. The number of carbonyl (C=O) groups excluding carboxylic acids is 1. The van der Waals surface area contributed by atoms with Crippen LogP contribution in [-0.4, -0.2) is 85.1 Å². The number of aliphatic hydroxyl groups is 2. The maximum atomic E-state index is 14.0. The van der Waals surface area contributed by atoms with Gasteiger partial charge in [-0.05, 0) is 104 Å². The summed E-state index contributed by atoms with van der Waals surface area (Å²) in [4.78, 5) is 27.0. The molecular formula is C36H43FN6O3. The SMILES string of the molecule is CC12C[C@H](O)C3C(CCC4=Cc5c(cnn5-c5ccc(F)cc5)C[C@@]43C)C1CC[C@]2(O)C(=O)CN1CCN(c2ncccn2)CC1. The highest BCUT2D eigenvalue weighted by Crippen LogP contribution is 2.67. The number of anilines is 1. The van der Waals surface area contributed by atoms with Crippen LogP contribution in [0.4, 0.5) is 10.3 Å². The Morgan fingerprint density at radius 2 is 1.80 bits per heavy atom. The van der Waals surface area contributed by atoms with E-state index in [1.165, 1.54) is 17.7 Å². The molecule has 3 saturated carbocycles. The van der Waals surface area contributed by atoms with Crippen LogP contribution in [0.25, 0.3) is 11.8 Å². The van der Waals surface area contributed by atoms with E-state index in [2.05, 4.69) is 44.8 Å². The number of Topliss-reactive ketones (excluding diaryl/α,β-unsaturated/α-hetero) is 1. The topological polar surface area (TPSA) is 108 Å². The molecule has 46 heavy (non-hydrogen) atoms. The largest absolute Gasteiger partial charge is 0.393 e. The van der Waals surface area contributed by atoms with Gasteiger partial charge in [0.05, 0.1) is 30.2 Å². The fourth-order valence-electron chi connectivity index (χ4n) is 10.3. The Morgan fingerprint density at radius 3 is 2.54 bits per heavy atom. The molecule has 2 N–H and O–H groups in total. The van der Waals surface area contributed by atoms with Gasteiger partial charge in [0.15, 0.2) is 5.78 Å². The molecule has 4 aliphatic carbocycles. The third-order valence-electron chi connectivity index (χ3n) is 12.7. The number of carbonyl (C=O) groups is 1. The fraction of sp³-hybridized carbons (Fsp3) is 0.556. The molecule has 0 amide bonds. The van der Waals surface area contributed by atoms with Gasteiger partial charge in [0.25, 0.3) is 0 Å². The van der Waals surface area contributed by atoms with Crippen LogP contribution in [0.3, 0.4) is 0 Å². The Morgan fingerprint density at radius 1 is 1.07 bits per heavy atom. The van der Waals surface area contributed by atoms with Crippen LogP contribution < -0.4 is 4.90 Å². The van der Waals surface area contributed by atoms with Gasteiger partial charge in [-0.1, -0.05) is 19.4 Å². The molecule has 4 fully saturated rings. The van der Waals surface area contributed by atoms with Gasteiger partial charge in [0, 0.05) is 44.0 Å². The minimum absolute atomic E-state index is 0.0404. The zero-order valence-electron chi connectivity index (χ0n) is 26.6. The maximum absolute atomic E-state index is 14.0. The lowest BCUT2D eigenvalue weighted by Gasteiger charge is -2.60. The number of hydrogen-bond donors (Lipinski definition) is 2. The normalized spacial score (nSPS) is 35.5. The second kappa shape index (κ2) is 10.8. The van der Waals surface area contributed by atoms with Crippen LogP contribution in [0.2, 0.25) is 0 Å². The van der Waals surface area contributed by atoms with Crippen LogP contribution in [-0.2, 0) is 11.2 Å². The van der Waals surface area contributed by atoms with Crippen molar-refractivity contribution >= 4 is 17.8 Å². The first-order valence-corrected chi connectivity index (χ1v) is 16.8. The monoisotopic (exact) mass is 626 g/mol. The molecule has 4 unspecified atom stereocenters. The molecule has 0 bridgehead atoms. The molecule has 8 rings (SSSR count). The lowest BCUT2D eigenvalue weighted by molar-refractivity contribution is -0.180. The van der Waals surface area contributed by atoms with Gasteiger partial charge in [0.1, 0.15) is 11.4 Å². The lowest BCUT2D eigenvalue weighted by Crippen LogP contribution is -2.63. The Balaban J connectivity index is 1.00. The first-order valence-electron chi connectivity index (χ1n) is 16.8. The highest BCUT2D eigenvalue weighted by molar-refractivity contribution is 5.90. The van der Waals surface area contributed by atoms with Crippen LogP contribution >= 0.6 is 0 Å². The minimum Gasteiger partial charge on any atom is -0.393 e. The first kappa shape index (κ1) is 29.9. The molecule has 242 valence electrons. The highest BCUT2D eigenvalue weighted by atomic mass is 19.1. The number of hydrogen-bond acceptors (Lipinski definition) is 8. The number of aromatic nitrogens is 4. The van der Waals surface area contributed by atoms with Gasteiger partial charge < -0.3 is 15.1 Å². The van der Waals surface area contributed by atoms with Crippen molar-refractivity contribution in [2.75, 3.05) is 37.6 Å². The predicted octanol–water partition coefficient (Wildman–Crippen LogP) is 4.08. The Bertz CT molecular complexity index is 1670. The molecule has 3 aromatic rings. The van der Waals surface area contributed by atoms with Gasteiger partial charge >= 0.3 is 0 Å². The first-order chi connectivity index (χ1) is 22.1. The molecule has 0 radical (unpaired) electrons. The molecule has 1 aromatic carbocycles. The van der Waals surface area contributed by atoms with Crippen molar-refractivity contribution in [2.45, 2.75) is 64.1 Å². The third kappa shape index (κ3) is 4.43. The van der Waals surface area contributed by atoms with Crippen molar-refractivity contribution in [1.82, 2.24) is 24.6 Å². The molecule has 10 heteroatoms. The zero-order valence-corrected chi connectivity index (χ0v) is 26.6. The zero-order chi connectivity index (χ0) is 31.8. The number of benzene rings is 1. The number of piperazine rings is 1. The summed E-state index contributed by atoms with van der Waals surface area (Å²) >= 11 is 0. The Labute approximate surface area is 269 Å². The summed E-state index contributed by atoms with van der Waals surface area (Å²) in [7, 11) is 0. The van der Waals surface area contributed by atoms with Crippen LogP contribution in [0, 0.1) is 34.4 Å². The van der Waals surface area contributed by atoms with Crippen LogP contribution in [0.15, 0.2) is 54.5 Å². The van der Waals surface area contributed by atoms with E-state index >= 15 is 0 Å². The summed E-state index contributed by atoms with van der Waals surface area (Å²) in [5.74, 6) is 0.762. The van der Waals surface area contributed by atoms with E-state index < -0.39 is 17.1 Å². The fourth-order valence-corrected chi connectivity index (χ4v) is 10.3. The molecule has 2 aromatic heterocycles. The standard InChI is InChI=1S/C36H43FN6O3/c1-34-19-23-21-40-43(26-7-5-25(37)6-8-26)29(23)18-24(34)4-9-27-28-10-11-36(46,35(28,2)20-30(44)32(27)34)31(45)22-41-14-16-42(17-15-41)33-38-12-3-13-39-33/h3,5-8,12-13,18,21,27-28,30,32,44,46H,4,9-11,14-17,19-20,22H2,1-2H3/t27?,28?,30-,32?,34-,35?,36-/m0/s1. The summed E-state index contributed by atoms with van der Waals surface area (Å²) in [5.41, 5.74) is 1.97. The molecule has 5 aliphatic rings. The van der Waals surface area contributed by atoms with E-state index in [1.54, 1.807) is 30.6 Å². The number of rotatable bonds is 5. The van der Waals surface area contributed by atoms with Crippen molar-refractivity contribution in [1.29, 1.82) is 0 Å². The van der Waals surface area contributed by atoms with E-state index in [1.807, 2.05) is 10.9 Å². The van der Waals surface area contributed by atoms with E-state index in [0.717, 1.165) is 55.7 Å². The van der Waals surface area contributed by atoms with Crippen molar-refractivity contribution in [3.8, 4) is 5.69 Å². The molecular weight excluding hydrogens is 583 g/mol. The smallest absolute Gasteiger partial charge is 0.225 e. The predicted molar refractivity (Wildman–Crippen MR) is 172 cm³/mol. The average molecular weight is 627 g/mol. The van der Waals surface area contributed by atoms with Crippen molar-refractivity contribution in [3.63, 3.8) is 0 Å². The van der Waals surface area contributed by atoms with Gasteiger partial charge in [-0.25, -0.2) is 19.0 Å². The van der Waals surface area contributed by atoms with Gasteiger partial charge in [-0.3, -0.25) is 9.69 Å². The summed E-state index contributed by atoms with van der Waals surface area (Å²) in [5, 5.41) is 29.0. The summed E-state index contributed by atoms with van der Waals surface area (Å²) in [6, 6.07) is 8.22. The van der Waals surface area contributed by atoms with Crippen LogP contribution in [0.5, 0.6) is 0 Å². The molecule has 7 atom stereocenters. The Kier molecular flexibility index (Phi) is 7.01. The summed E-state index contributed by atoms with van der Waals surface area (Å²) in [6.07, 6.45) is 11.3. The van der Waals surface area contributed by atoms with Crippen molar-refractivity contribution in [3.05, 3.63) is 71.6 Å². The van der Waals surface area contributed by atoms with Crippen molar-refractivity contribution in [2.24, 2.45) is 28.6 Å². The molecule has 3 heterocycles. The Hall–Kier alpha value is -3.47. The second-order valence-corrected chi connectivity index (χ2v) is 14.9. The van der Waals surface area contributed by atoms with E-state index in [9.17, 15) is 19.4 Å². The third-order valence-corrected chi connectivity index (χ3v) is 12.7. The number of aliphatic hydroxyl groups excluding tert-OH is 1. The minimum atomic E-state index is -1.45. The number of fused-ring (bicyclic) bond motifs is 6. The second-order valence-electron chi connectivity index (χ2n) is 14.9. The summed E-state index contributed by atoms with van der Waals surface area (Å²) < 4.78 is 15.5. The number of ketones is 1. The van der Waals surface area contributed by atoms with Gasteiger partial charge in [-0.15, -0.1) is 0 Å². The molecule has 1 aliphatic heterocycles. The van der Waals surface area contributed by atoms with E-state index in [4.69, 9.17) is 0 Å². The quantitative estimate of drug-likeness (QED) is 0.437.